The third-order valence-corrected chi connectivity index (χ3v) is 4.23. The SMILES string of the molecule is C1=C[C@H](c2ccccc2)ON(c2ccccc2)[C@H]1c1ccccc1. The van der Waals surface area contributed by atoms with Crippen LogP contribution in [0.4, 0.5) is 5.69 Å². The van der Waals surface area contributed by atoms with E-state index in [1.807, 2.05) is 47.5 Å². The van der Waals surface area contributed by atoms with Crippen LogP contribution >= 0.6 is 0 Å². The van der Waals surface area contributed by atoms with E-state index in [2.05, 4.69) is 60.7 Å². The van der Waals surface area contributed by atoms with Crippen molar-refractivity contribution in [2.75, 3.05) is 5.06 Å². The maximum atomic E-state index is 6.37. The number of hydroxylamine groups is 1. The van der Waals surface area contributed by atoms with Gasteiger partial charge in [-0.3, -0.25) is 4.84 Å². The van der Waals surface area contributed by atoms with Gasteiger partial charge in [0.25, 0.3) is 0 Å². The predicted octanol–water partition coefficient (Wildman–Crippen LogP) is 5.48. The van der Waals surface area contributed by atoms with Gasteiger partial charge in [-0.05, 0) is 23.3 Å². The van der Waals surface area contributed by atoms with Gasteiger partial charge >= 0.3 is 0 Å². The van der Waals surface area contributed by atoms with E-state index < -0.39 is 0 Å². The highest BCUT2D eigenvalue weighted by Crippen LogP contribution is 2.36. The highest BCUT2D eigenvalue weighted by Gasteiger charge is 2.27. The molecule has 0 N–H and O–H groups in total. The minimum Gasteiger partial charge on any atom is -0.260 e. The lowest BCUT2D eigenvalue weighted by Gasteiger charge is -2.37. The van der Waals surface area contributed by atoms with Crippen LogP contribution in [-0.4, -0.2) is 0 Å². The van der Waals surface area contributed by atoms with Crippen LogP contribution in [-0.2, 0) is 4.84 Å². The summed E-state index contributed by atoms with van der Waals surface area (Å²) in [4.78, 5) is 6.37. The lowest BCUT2D eigenvalue weighted by molar-refractivity contribution is 0.0402. The van der Waals surface area contributed by atoms with Gasteiger partial charge in [-0.1, -0.05) is 91.0 Å². The van der Waals surface area contributed by atoms with Crippen LogP contribution < -0.4 is 5.06 Å². The van der Waals surface area contributed by atoms with Crippen molar-refractivity contribution in [2.45, 2.75) is 12.1 Å². The number of benzene rings is 3. The summed E-state index contributed by atoms with van der Waals surface area (Å²) in [6.07, 6.45) is 4.29. The topological polar surface area (TPSA) is 12.5 Å². The molecule has 0 spiro atoms. The van der Waals surface area contributed by atoms with Gasteiger partial charge in [0.2, 0.25) is 0 Å². The molecule has 118 valence electrons. The molecule has 2 atom stereocenters. The highest BCUT2D eigenvalue weighted by atomic mass is 16.7. The Balaban J connectivity index is 1.73. The molecule has 0 aromatic heterocycles. The molecule has 0 saturated heterocycles. The quantitative estimate of drug-likeness (QED) is 0.594. The van der Waals surface area contributed by atoms with Gasteiger partial charge < -0.3 is 0 Å². The molecule has 1 heterocycles. The summed E-state index contributed by atoms with van der Waals surface area (Å²) in [6, 6.07) is 31.1. The lowest BCUT2D eigenvalue weighted by Crippen LogP contribution is -2.32. The average Bonchev–Trinajstić information content (AvgIpc) is 2.69. The Bertz CT molecular complexity index is 799. The Morgan fingerprint density at radius 3 is 1.75 bits per heavy atom. The number of hydrogen-bond donors (Lipinski definition) is 0. The number of para-hydroxylation sites is 1. The van der Waals surface area contributed by atoms with Crippen LogP contribution in [0.25, 0.3) is 0 Å². The summed E-state index contributed by atoms with van der Waals surface area (Å²) >= 11 is 0. The van der Waals surface area contributed by atoms with Crippen LogP contribution in [0, 0.1) is 0 Å². The molecule has 0 unspecified atom stereocenters. The molecule has 0 bridgehead atoms. The molecular weight excluding hydrogens is 294 g/mol. The first kappa shape index (κ1) is 14.7. The van der Waals surface area contributed by atoms with E-state index in [9.17, 15) is 0 Å². The molecule has 1 aliphatic heterocycles. The van der Waals surface area contributed by atoms with Gasteiger partial charge in [0.1, 0.15) is 6.10 Å². The zero-order valence-corrected chi connectivity index (χ0v) is 13.3. The Labute approximate surface area is 142 Å². The maximum absolute atomic E-state index is 6.37. The lowest BCUT2D eigenvalue weighted by atomic mass is 10.0. The molecule has 2 heteroatoms. The molecule has 0 amide bonds. The van der Waals surface area contributed by atoms with Gasteiger partial charge in [0.15, 0.2) is 0 Å². The first-order valence-electron chi connectivity index (χ1n) is 8.21. The molecule has 4 rings (SSSR count). The van der Waals surface area contributed by atoms with Crippen LogP contribution in [0.3, 0.4) is 0 Å². The summed E-state index contributed by atoms with van der Waals surface area (Å²) in [7, 11) is 0. The van der Waals surface area contributed by atoms with Crippen molar-refractivity contribution in [3.05, 3.63) is 114 Å². The highest BCUT2D eigenvalue weighted by molar-refractivity contribution is 5.49. The number of hydrogen-bond acceptors (Lipinski definition) is 2. The first-order chi connectivity index (χ1) is 11.9. The van der Waals surface area contributed by atoms with Crippen molar-refractivity contribution in [3.63, 3.8) is 0 Å². The Hall–Kier alpha value is -2.84. The minimum absolute atomic E-state index is 0.0635. The Morgan fingerprint density at radius 1 is 0.583 bits per heavy atom. The van der Waals surface area contributed by atoms with Crippen molar-refractivity contribution in [1.29, 1.82) is 0 Å². The maximum Gasteiger partial charge on any atom is 0.129 e. The van der Waals surface area contributed by atoms with Crippen LogP contribution in [0.2, 0.25) is 0 Å². The number of anilines is 1. The first-order valence-corrected chi connectivity index (χ1v) is 8.21. The second kappa shape index (κ2) is 6.73. The zero-order valence-electron chi connectivity index (χ0n) is 13.3. The van der Waals surface area contributed by atoms with Gasteiger partial charge in [-0.2, -0.15) is 0 Å². The van der Waals surface area contributed by atoms with E-state index in [4.69, 9.17) is 4.84 Å². The molecule has 2 nitrogen and oxygen atoms in total. The van der Waals surface area contributed by atoms with E-state index in [0.717, 1.165) is 11.3 Å². The molecule has 24 heavy (non-hydrogen) atoms. The largest absolute Gasteiger partial charge is 0.260 e. The van der Waals surface area contributed by atoms with Gasteiger partial charge in [0.05, 0.1) is 11.7 Å². The molecule has 0 fully saturated rings. The van der Waals surface area contributed by atoms with Crippen LogP contribution in [0.1, 0.15) is 23.3 Å². The summed E-state index contributed by atoms with van der Waals surface area (Å²) in [5.41, 5.74) is 3.42. The third-order valence-electron chi connectivity index (χ3n) is 4.23. The normalized spacial score (nSPS) is 20.1. The van der Waals surface area contributed by atoms with Crippen molar-refractivity contribution in [2.24, 2.45) is 0 Å². The molecule has 0 aliphatic carbocycles. The smallest absolute Gasteiger partial charge is 0.129 e. The average molecular weight is 313 g/mol. The van der Waals surface area contributed by atoms with Crippen molar-refractivity contribution in [1.82, 2.24) is 0 Å². The fraction of sp³-hybridized carbons (Fsp3) is 0.0909. The molecule has 3 aromatic rings. The molecular formula is C22H19NO. The second-order valence-electron chi connectivity index (χ2n) is 5.84. The summed E-state index contributed by atoms with van der Waals surface area (Å²) in [5, 5.41) is 2.01. The number of nitrogens with zero attached hydrogens (tertiary/aromatic N) is 1. The molecule has 0 saturated carbocycles. The Morgan fingerprint density at radius 2 is 1.12 bits per heavy atom. The van der Waals surface area contributed by atoms with E-state index in [0.29, 0.717) is 0 Å². The van der Waals surface area contributed by atoms with E-state index in [-0.39, 0.29) is 12.1 Å². The molecule has 3 aromatic carbocycles. The van der Waals surface area contributed by atoms with Gasteiger partial charge in [-0.15, -0.1) is 0 Å². The van der Waals surface area contributed by atoms with E-state index >= 15 is 0 Å². The zero-order chi connectivity index (χ0) is 16.2. The number of rotatable bonds is 3. The third kappa shape index (κ3) is 2.97. The van der Waals surface area contributed by atoms with Crippen molar-refractivity contribution in [3.8, 4) is 0 Å². The minimum atomic E-state index is -0.0774. The standard InChI is InChI=1S/C22H19NO/c1-4-10-18(11-5-1)21-16-17-22(19-12-6-2-7-13-19)24-23(21)20-14-8-3-9-15-20/h1-17,21-22H/t21-,22-/m1/s1. The van der Waals surface area contributed by atoms with Crippen LogP contribution in [0.5, 0.6) is 0 Å². The van der Waals surface area contributed by atoms with Crippen molar-refractivity contribution < 1.29 is 4.84 Å². The van der Waals surface area contributed by atoms with Gasteiger partial charge in [0, 0.05) is 0 Å². The Kier molecular flexibility index (Phi) is 4.13. The summed E-state index contributed by atoms with van der Waals surface area (Å²) in [6.45, 7) is 0. The monoisotopic (exact) mass is 313 g/mol. The van der Waals surface area contributed by atoms with Gasteiger partial charge in [-0.25, -0.2) is 5.06 Å². The molecule has 0 radical (unpaired) electrons. The second-order valence-corrected chi connectivity index (χ2v) is 5.84. The van der Waals surface area contributed by atoms with Crippen LogP contribution in [0.15, 0.2) is 103 Å². The van der Waals surface area contributed by atoms with E-state index in [1.54, 1.807) is 0 Å². The summed E-state index contributed by atoms with van der Waals surface area (Å²) in [5.74, 6) is 0. The van der Waals surface area contributed by atoms with Crippen molar-refractivity contribution >= 4 is 5.69 Å². The predicted molar refractivity (Wildman–Crippen MR) is 97.5 cm³/mol. The fourth-order valence-electron chi connectivity index (χ4n) is 3.02. The van der Waals surface area contributed by atoms with E-state index in [1.165, 1.54) is 5.56 Å². The molecule has 1 aliphatic rings. The fourth-order valence-corrected chi connectivity index (χ4v) is 3.02. The summed E-state index contributed by atoms with van der Waals surface area (Å²) < 4.78 is 0.